The van der Waals surface area contributed by atoms with Gasteiger partial charge in [0.25, 0.3) is 5.69 Å². The van der Waals surface area contributed by atoms with E-state index >= 15 is 0 Å². The minimum absolute atomic E-state index is 0.0461. The summed E-state index contributed by atoms with van der Waals surface area (Å²) in [5.74, 6) is 0.272. The molecule has 0 radical (unpaired) electrons. The zero-order chi connectivity index (χ0) is 16.0. The summed E-state index contributed by atoms with van der Waals surface area (Å²) in [6.45, 7) is 0. The lowest BCUT2D eigenvalue weighted by Crippen LogP contribution is -1.86. The van der Waals surface area contributed by atoms with Crippen molar-refractivity contribution in [3.8, 4) is 17.2 Å². The molecule has 1 heterocycles. The quantitative estimate of drug-likeness (QED) is 0.441. The predicted molar refractivity (Wildman–Crippen MR) is 85.3 cm³/mol. The number of non-ortho nitro benzene ring substituents is 1. The zero-order valence-corrected chi connectivity index (χ0v) is 11.8. The largest absolute Gasteiger partial charge is 0.507 e. The summed E-state index contributed by atoms with van der Waals surface area (Å²) in [5, 5.41) is 22.9. The van der Waals surface area contributed by atoms with Gasteiger partial charge in [-0.1, -0.05) is 24.3 Å². The highest BCUT2D eigenvalue weighted by Gasteiger charge is 2.15. The molecular formula is C17H10N2O4. The maximum Gasteiger partial charge on any atom is 0.273 e. The second-order valence-electron chi connectivity index (χ2n) is 5.14. The summed E-state index contributed by atoms with van der Waals surface area (Å²) < 4.78 is 5.60. The summed E-state index contributed by atoms with van der Waals surface area (Å²) in [5.41, 5.74) is 1.19. The van der Waals surface area contributed by atoms with Crippen LogP contribution in [0.15, 0.2) is 59.0 Å². The number of benzene rings is 3. The lowest BCUT2D eigenvalue weighted by atomic mass is 10.1. The smallest absolute Gasteiger partial charge is 0.273 e. The molecule has 0 bridgehead atoms. The predicted octanol–water partition coefficient (Wildman–Crippen LogP) is 4.26. The molecule has 23 heavy (non-hydrogen) atoms. The number of aromatic hydroxyl groups is 1. The van der Waals surface area contributed by atoms with Crippen LogP contribution in [-0.2, 0) is 0 Å². The van der Waals surface area contributed by atoms with E-state index in [1.807, 2.05) is 24.3 Å². The van der Waals surface area contributed by atoms with Gasteiger partial charge in [0.1, 0.15) is 11.3 Å². The van der Waals surface area contributed by atoms with Gasteiger partial charge in [-0.3, -0.25) is 10.1 Å². The number of nitro groups is 1. The van der Waals surface area contributed by atoms with Crippen LogP contribution in [0.3, 0.4) is 0 Å². The summed E-state index contributed by atoms with van der Waals surface area (Å²) in [7, 11) is 0. The third kappa shape index (κ3) is 2.17. The fourth-order valence-electron chi connectivity index (χ4n) is 2.54. The molecule has 0 aliphatic carbocycles. The Hall–Kier alpha value is -3.41. The van der Waals surface area contributed by atoms with E-state index < -0.39 is 4.92 Å². The molecule has 6 nitrogen and oxygen atoms in total. The van der Waals surface area contributed by atoms with Crippen LogP contribution >= 0.6 is 0 Å². The first-order chi connectivity index (χ1) is 11.1. The molecule has 6 heteroatoms. The third-order valence-electron chi connectivity index (χ3n) is 3.68. The topological polar surface area (TPSA) is 89.4 Å². The number of aromatic nitrogens is 1. The van der Waals surface area contributed by atoms with E-state index in [0.717, 1.165) is 10.8 Å². The standard InChI is InChI=1S/C17H10N2O4/c20-15-8-11-4-2-1-3-10(11)7-13(15)17-18-14-6-5-12(19(21)22)9-16(14)23-17/h1-9,20H. The van der Waals surface area contributed by atoms with Gasteiger partial charge >= 0.3 is 0 Å². The summed E-state index contributed by atoms with van der Waals surface area (Å²) in [4.78, 5) is 14.6. The Morgan fingerprint density at radius 1 is 1.04 bits per heavy atom. The average molecular weight is 306 g/mol. The van der Waals surface area contributed by atoms with Crippen LogP contribution in [0.5, 0.6) is 5.75 Å². The number of hydrogen-bond donors (Lipinski definition) is 1. The van der Waals surface area contributed by atoms with E-state index in [1.165, 1.54) is 18.2 Å². The number of fused-ring (bicyclic) bond motifs is 2. The van der Waals surface area contributed by atoms with Crippen molar-refractivity contribution in [2.24, 2.45) is 0 Å². The van der Waals surface area contributed by atoms with Crippen molar-refractivity contribution < 1.29 is 14.4 Å². The van der Waals surface area contributed by atoms with Gasteiger partial charge in [0.2, 0.25) is 5.89 Å². The van der Waals surface area contributed by atoms with Crippen LogP contribution in [0.2, 0.25) is 0 Å². The van der Waals surface area contributed by atoms with Crippen molar-refractivity contribution in [2.75, 3.05) is 0 Å². The van der Waals surface area contributed by atoms with Gasteiger partial charge in [-0.15, -0.1) is 0 Å². The fraction of sp³-hybridized carbons (Fsp3) is 0. The first kappa shape index (κ1) is 13.3. The summed E-state index contributed by atoms with van der Waals surface area (Å²) in [6.07, 6.45) is 0. The second-order valence-corrected chi connectivity index (χ2v) is 5.14. The van der Waals surface area contributed by atoms with Gasteiger partial charge in [-0.25, -0.2) is 4.98 Å². The molecule has 0 unspecified atom stereocenters. The van der Waals surface area contributed by atoms with Crippen molar-refractivity contribution in [3.63, 3.8) is 0 Å². The number of phenols is 1. The number of hydrogen-bond acceptors (Lipinski definition) is 5. The van der Waals surface area contributed by atoms with Crippen LogP contribution < -0.4 is 0 Å². The third-order valence-corrected chi connectivity index (χ3v) is 3.68. The Bertz CT molecular complexity index is 1070. The van der Waals surface area contributed by atoms with E-state index in [9.17, 15) is 15.2 Å². The van der Waals surface area contributed by atoms with E-state index in [0.29, 0.717) is 16.7 Å². The lowest BCUT2D eigenvalue weighted by molar-refractivity contribution is -0.384. The average Bonchev–Trinajstić information content (AvgIpc) is 2.96. The van der Waals surface area contributed by atoms with Gasteiger partial charge in [-0.2, -0.15) is 0 Å². The van der Waals surface area contributed by atoms with E-state index in [4.69, 9.17) is 4.42 Å². The van der Waals surface area contributed by atoms with Crippen LogP contribution in [0.4, 0.5) is 5.69 Å². The molecule has 1 aromatic heterocycles. The van der Waals surface area contributed by atoms with Crippen LogP contribution in [0.1, 0.15) is 0 Å². The van der Waals surface area contributed by atoms with Crippen molar-refractivity contribution in [2.45, 2.75) is 0 Å². The molecule has 112 valence electrons. The molecule has 0 saturated carbocycles. The van der Waals surface area contributed by atoms with E-state index in [2.05, 4.69) is 4.98 Å². The first-order valence-electron chi connectivity index (χ1n) is 6.89. The molecule has 0 aliphatic rings. The number of nitrogens with zero attached hydrogens (tertiary/aromatic N) is 2. The first-order valence-corrected chi connectivity index (χ1v) is 6.89. The summed E-state index contributed by atoms with van der Waals surface area (Å²) in [6, 6.07) is 15.3. The van der Waals surface area contributed by atoms with Gasteiger partial charge in [0, 0.05) is 6.07 Å². The SMILES string of the molecule is O=[N+]([O-])c1ccc2nc(-c3cc4ccccc4cc3O)oc2c1. The number of phenolic OH excluding ortho intramolecular Hbond substituents is 1. The van der Waals surface area contributed by atoms with Crippen molar-refractivity contribution in [1.29, 1.82) is 0 Å². The molecular weight excluding hydrogens is 296 g/mol. The molecule has 0 aliphatic heterocycles. The molecule has 0 fully saturated rings. The Morgan fingerprint density at radius 2 is 1.78 bits per heavy atom. The molecule has 0 spiro atoms. The Labute approximate surface area is 129 Å². The van der Waals surface area contributed by atoms with E-state index in [1.54, 1.807) is 12.1 Å². The van der Waals surface area contributed by atoms with Gasteiger partial charge in [-0.05, 0) is 29.0 Å². The molecule has 0 amide bonds. The second kappa shape index (κ2) is 4.81. The van der Waals surface area contributed by atoms with Crippen LogP contribution in [0.25, 0.3) is 33.3 Å². The van der Waals surface area contributed by atoms with Crippen molar-refractivity contribution >= 4 is 27.6 Å². The highest BCUT2D eigenvalue weighted by atomic mass is 16.6. The fourth-order valence-corrected chi connectivity index (χ4v) is 2.54. The van der Waals surface area contributed by atoms with Crippen molar-refractivity contribution in [1.82, 2.24) is 4.98 Å². The Balaban J connectivity index is 1.91. The molecule has 4 rings (SSSR count). The van der Waals surface area contributed by atoms with Crippen LogP contribution in [0, 0.1) is 10.1 Å². The highest BCUT2D eigenvalue weighted by Crippen LogP contribution is 2.35. The Morgan fingerprint density at radius 3 is 2.52 bits per heavy atom. The maximum atomic E-state index is 10.8. The molecule has 1 N–H and O–H groups in total. The zero-order valence-electron chi connectivity index (χ0n) is 11.8. The van der Waals surface area contributed by atoms with E-state index in [-0.39, 0.29) is 17.3 Å². The molecule has 0 saturated heterocycles. The highest BCUT2D eigenvalue weighted by molar-refractivity contribution is 5.90. The van der Waals surface area contributed by atoms with Crippen LogP contribution in [-0.4, -0.2) is 15.0 Å². The van der Waals surface area contributed by atoms with Crippen molar-refractivity contribution in [3.05, 3.63) is 64.7 Å². The van der Waals surface area contributed by atoms with Gasteiger partial charge in [0.15, 0.2) is 5.58 Å². The summed E-state index contributed by atoms with van der Waals surface area (Å²) >= 11 is 0. The number of oxazole rings is 1. The Kier molecular flexibility index (Phi) is 2.77. The molecule has 3 aromatic carbocycles. The van der Waals surface area contributed by atoms with Gasteiger partial charge in [0.05, 0.1) is 16.6 Å². The molecule has 4 aromatic rings. The molecule has 0 atom stereocenters. The van der Waals surface area contributed by atoms with Gasteiger partial charge < -0.3 is 9.52 Å². The number of rotatable bonds is 2. The number of nitro benzene ring substituents is 1. The minimum atomic E-state index is -0.491. The monoisotopic (exact) mass is 306 g/mol. The minimum Gasteiger partial charge on any atom is -0.507 e. The normalized spacial score (nSPS) is 11.1. The lowest BCUT2D eigenvalue weighted by Gasteiger charge is -2.03. The maximum absolute atomic E-state index is 10.8.